The Morgan fingerprint density at radius 1 is 1.39 bits per heavy atom. The lowest BCUT2D eigenvalue weighted by Gasteiger charge is -2.24. The average Bonchev–Trinajstić information content (AvgIpc) is 2.88. The average molecular weight is 251 g/mol. The van der Waals surface area contributed by atoms with Gasteiger partial charge in [0.05, 0.1) is 24.5 Å². The minimum atomic E-state index is -0.526. The Morgan fingerprint density at radius 3 is 3.17 bits per heavy atom. The first-order valence-corrected chi connectivity index (χ1v) is 6.51. The third-order valence-corrected chi connectivity index (χ3v) is 4.08. The molecule has 0 unspecified atom stereocenters. The van der Waals surface area contributed by atoms with Gasteiger partial charge in [0.1, 0.15) is 6.10 Å². The highest BCUT2D eigenvalue weighted by molar-refractivity contribution is 5.02. The van der Waals surface area contributed by atoms with Crippen LogP contribution < -0.4 is 0 Å². The molecule has 3 aliphatic heterocycles. The fourth-order valence-electron chi connectivity index (χ4n) is 3.28. The van der Waals surface area contributed by atoms with Gasteiger partial charge in [-0.15, -0.1) is 5.10 Å². The van der Waals surface area contributed by atoms with Crippen molar-refractivity contribution in [2.24, 2.45) is 5.92 Å². The van der Waals surface area contributed by atoms with Gasteiger partial charge in [0, 0.05) is 5.92 Å². The van der Waals surface area contributed by atoms with Crippen molar-refractivity contribution in [1.29, 1.82) is 0 Å². The molecule has 6 heteroatoms. The van der Waals surface area contributed by atoms with Crippen LogP contribution in [-0.2, 0) is 27.2 Å². The summed E-state index contributed by atoms with van der Waals surface area (Å²) in [6.07, 6.45) is 3.82. The van der Waals surface area contributed by atoms with Gasteiger partial charge in [0.25, 0.3) is 0 Å². The molecule has 0 spiro atoms. The van der Waals surface area contributed by atoms with Gasteiger partial charge in [-0.1, -0.05) is 5.21 Å². The monoisotopic (exact) mass is 251 g/mol. The minimum absolute atomic E-state index is 0.0579. The van der Waals surface area contributed by atoms with Crippen LogP contribution in [0.25, 0.3) is 0 Å². The molecule has 0 saturated carbocycles. The van der Waals surface area contributed by atoms with Crippen LogP contribution in [-0.4, -0.2) is 39.3 Å². The van der Waals surface area contributed by atoms with Crippen LogP contribution in [0.4, 0.5) is 0 Å². The second-order valence-corrected chi connectivity index (χ2v) is 5.75. The lowest BCUT2D eigenvalue weighted by atomic mass is 9.93. The zero-order valence-electron chi connectivity index (χ0n) is 10.6. The zero-order valence-corrected chi connectivity index (χ0v) is 10.6. The number of nitrogens with zero attached hydrogens (tertiary/aromatic N) is 3. The molecule has 6 nitrogen and oxygen atoms in total. The standard InChI is InChI=1S/C12H17N3O3/c1-12(2)17-10-8-4-3-7-5-13-14-15(7)6-9(8)16-11(10)18-12/h5,8-11H,3-4,6H2,1-2H3/t8-,9-,10+,11+/m1/s1. The molecule has 2 saturated heterocycles. The second-order valence-electron chi connectivity index (χ2n) is 5.75. The van der Waals surface area contributed by atoms with Crippen LogP contribution in [0, 0.1) is 5.92 Å². The number of hydrogen-bond donors (Lipinski definition) is 0. The Morgan fingerprint density at radius 2 is 2.28 bits per heavy atom. The SMILES string of the molecule is CC1(C)O[C@@H]2O[C@@H]3Cn4nncc4CC[C@H]3[C@@H]2O1. The number of aromatic nitrogens is 3. The first-order valence-electron chi connectivity index (χ1n) is 6.51. The third kappa shape index (κ3) is 1.52. The summed E-state index contributed by atoms with van der Waals surface area (Å²) in [5, 5.41) is 8.05. The van der Waals surface area contributed by atoms with E-state index in [-0.39, 0.29) is 18.5 Å². The molecule has 98 valence electrons. The number of fused-ring (bicyclic) bond motifs is 4. The van der Waals surface area contributed by atoms with E-state index in [2.05, 4.69) is 10.3 Å². The van der Waals surface area contributed by atoms with Gasteiger partial charge in [-0.25, -0.2) is 4.68 Å². The van der Waals surface area contributed by atoms with Crippen molar-refractivity contribution in [3.8, 4) is 0 Å². The summed E-state index contributed by atoms with van der Waals surface area (Å²) in [6, 6.07) is 0. The van der Waals surface area contributed by atoms with E-state index in [0.29, 0.717) is 5.92 Å². The van der Waals surface area contributed by atoms with Gasteiger partial charge in [-0.05, 0) is 26.7 Å². The highest BCUT2D eigenvalue weighted by Crippen LogP contribution is 2.43. The summed E-state index contributed by atoms with van der Waals surface area (Å²) < 4.78 is 19.7. The first-order chi connectivity index (χ1) is 8.62. The van der Waals surface area contributed by atoms with E-state index in [1.807, 2.05) is 24.7 Å². The summed E-state index contributed by atoms with van der Waals surface area (Å²) in [5.74, 6) is -0.139. The quantitative estimate of drug-likeness (QED) is 0.680. The summed E-state index contributed by atoms with van der Waals surface area (Å²) in [4.78, 5) is 0. The summed E-state index contributed by atoms with van der Waals surface area (Å²) >= 11 is 0. The van der Waals surface area contributed by atoms with Crippen LogP contribution in [0.5, 0.6) is 0 Å². The Kier molecular flexibility index (Phi) is 2.13. The van der Waals surface area contributed by atoms with Gasteiger partial charge >= 0.3 is 0 Å². The van der Waals surface area contributed by atoms with Gasteiger partial charge in [-0.3, -0.25) is 0 Å². The number of hydrogen-bond acceptors (Lipinski definition) is 5. The molecule has 0 bridgehead atoms. The summed E-state index contributed by atoms with van der Waals surface area (Å²) in [7, 11) is 0. The number of rotatable bonds is 0. The molecule has 1 aromatic heterocycles. The molecule has 4 rings (SSSR count). The van der Waals surface area contributed by atoms with Crippen molar-refractivity contribution < 1.29 is 14.2 Å². The largest absolute Gasteiger partial charge is 0.344 e. The van der Waals surface area contributed by atoms with Crippen molar-refractivity contribution >= 4 is 0 Å². The maximum atomic E-state index is 6.00. The summed E-state index contributed by atoms with van der Waals surface area (Å²) in [5.41, 5.74) is 1.18. The van der Waals surface area contributed by atoms with Crippen LogP contribution in [0.1, 0.15) is 26.0 Å². The Bertz CT molecular complexity index is 473. The molecule has 18 heavy (non-hydrogen) atoms. The highest BCUT2D eigenvalue weighted by atomic mass is 16.8. The highest BCUT2D eigenvalue weighted by Gasteiger charge is 2.54. The van der Waals surface area contributed by atoms with E-state index < -0.39 is 5.79 Å². The van der Waals surface area contributed by atoms with Crippen LogP contribution >= 0.6 is 0 Å². The van der Waals surface area contributed by atoms with Gasteiger partial charge in [0.2, 0.25) is 0 Å². The molecule has 0 amide bonds. The molecule has 1 aromatic rings. The molecule has 3 aliphatic rings. The Balaban J connectivity index is 1.60. The first kappa shape index (κ1) is 10.9. The fraction of sp³-hybridized carbons (Fsp3) is 0.833. The molecule has 4 heterocycles. The topological polar surface area (TPSA) is 58.4 Å². The van der Waals surface area contributed by atoms with E-state index >= 15 is 0 Å². The minimum Gasteiger partial charge on any atom is -0.344 e. The molecule has 2 fully saturated rings. The molecular weight excluding hydrogens is 234 g/mol. The van der Waals surface area contributed by atoms with E-state index in [0.717, 1.165) is 19.4 Å². The molecule has 4 atom stereocenters. The van der Waals surface area contributed by atoms with Crippen molar-refractivity contribution in [2.45, 2.75) is 57.5 Å². The van der Waals surface area contributed by atoms with E-state index in [4.69, 9.17) is 14.2 Å². The van der Waals surface area contributed by atoms with E-state index in [9.17, 15) is 0 Å². The van der Waals surface area contributed by atoms with Gasteiger partial charge in [-0.2, -0.15) is 0 Å². The maximum Gasteiger partial charge on any atom is 0.187 e. The molecule has 0 aromatic carbocycles. The van der Waals surface area contributed by atoms with Crippen molar-refractivity contribution in [3.63, 3.8) is 0 Å². The van der Waals surface area contributed by atoms with Crippen molar-refractivity contribution in [2.75, 3.05) is 0 Å². The third-order valence-electron chi connectivity index (χ3n) is 4.08. The van der Waals surface area contributed by atoms with Gasteiger partial charge < -0.3 is 14.2 Å². The molecule has 0 aliphatic carbocycles. The molecule has 0 radical (unpaired) electrons. The second kappa shape index (κ2) is 3.53. The van der Waals surface area contributed by atoms with Crippen molar-refractivity contribution in [1.82, 2.24) is 15.0 Å². The fourth-order valence-corrected chi connectivity index (χ4v) is 3.28. The maximum absolute atomic E-state index is 6.00. The Hall–Kier alpha value is -0.980. The smallest absolute Gasteiger partial charge is 0.187 e. The predicted molar refractivity (Wildman–Crippen MR) is 60.5 cm³/mol. The normalized spacial score (nSPS) is 41.0. The predicted octanol–water partition coefficient (Wildman–Crippen LogP) is 0.717. The van der Waals surface area contributed by atoms with E-state index in [1.165, 1.54) is 5.69 Å². The Labute approximate surface area is 105 Å². The number of ether oxygens (including phenoxy) is 3. The summed E-state index contributed by atoms with van der Waals surface area (Å²) in [6.45, 7) is 4.63. The molecular formula is C12H17N3O3. The lowest BCUT2D eigenvalue weighted by Crippen LogP contribution is -2.31. The van der Waals surface area contributed by atoms with Crippen LogP contribution in [0.15, 0.2) is 6.20 Å². The number of aryl methyl sites for hydroxylation is 1. The van der Waals surface area contributed by atoms with Crippen molar-refractivity contribution in [3.05, 3.63) is 11.9 Å². The van der Waals surface area contributed by atoms with Crippen LogP contribution in [0.2, 0.25) is 0 Å². The lowest BCUT2D eigenvalue weighted by molar-refractivity contribution is -0.211. The molecule has 0 N–H and O–H groups in total. The zero-order chi connectivity index (χ0) is 12.3. The van der Waals surface area contributed by atoms with E-state index in [1.54, 1.807) is 0 Å². The van der Waals surface area contributed by atoms with Gasteiger partial charge in [0.15, 0.2) is 12.1 Å². The van der Waals surface area contributed by atoms with Crippen LogP contribution in [0.3, 0.4) is 0 Å².